The third-order valence-electron chi connectivity index (χ3n) is 5.12. The molecule has 4 N–H and O–H groups in total. The largest absolute Gasteiger partial charge is 0.345 e. The van der Waals surface area contributed by atoms with Crippen LogP contribution in [0.2, 0.25) is 0 Å². The van der Waals surface area contributed by atoms with Crippen molar-refractivity contribution in [1.29, 1.82) is 0 Å². The molecule has 1 amide bonds. The summed E-state index contributed by atoms with van der Waals surface area (Å²) in [4.78, 5) is 12.6. The minimum absolute atomic E-state index is 0.103. The molecule has 0 saturated heterocycles. The van der Waals surface area contributed by atoms with Gasteiger partial charge in [0.05, 0.1) is 16.1 Å². The molecule has 144 valence electrons. The highest BCUT2D eigenvalue weighted by Crippen LogP contribution is 2.39. The first kappa shape index (κ1) is 19.4. The van der Waals surface area contributed by atoms with E-state index in [0.29, 0.717) is 23.7 Å². The first-order valence-corrected chi connectivity index (χ1v) is 10.4. The summed E-state index contributed by atoms with van der Waals surface area (Å²) < 4.78 is 27.7. The van der Waals surface area contributed by atoms with Crippen molar-refractivity contribution in [2.75, 3.05) is 11.3 Å². The van der Waals surface area contributed by atoms with Crippen molar-refractivity contribution >= 4 is 21.6 Å². The van der Waals surface area contributed by atoms with Crippen molar-refractivity contribution in [3.8, 4) is 0 Å². The maximum Gasteiger partial charge on any atom is 0.261 e. The fourth-order valence-corrected chi connectivity index (χ4v) is 4.18. The first-order valence-electron chi connectivity index (χ1n) is 8.96. The molecule has 1 aliphatic carbocycles. The second-order valence-corrected chi connectivity index (χ2v) is 8.98. The van der Waals surface area contributed by atoms with E-state index in [1.54, 1.807) is 12.1 Å². The van der Waals surface area contributed by atoms with Gasteiger partial charge in [0.25, 0.3) is 15.9 Å². The topological polar surface area (TPSA) is 101 Å². The Hall–Kier alpha value is -2.38. The normalized spacial score (nSPS) is 16.4. The number of nitrogens with two attached hydrogens (primary N) is 1. The number of amides is 1. The predicted octanol–water partition coefficient (Wildman–Crippen LogP) is 2.65. The number of hydrogen-bond donors (Lipinski definition) is 3. The number of sulfonamides is 1. The molecular formula is C20H25N3O3S. The lowest BCUT2D eigenvalue weighted by atomic mass is 9.95. The van der Waals surface area contributed by atoms with Crippen LogP contribution in [0.4, 0.5) is 5.69 Å². The fraction of sp³-hybridized carbons (Fsp3) is 0.350. The average molecular weight is 388 g/mol. The Kier molecular flexibility index (Phi) is 5.26. The van der Waals surface area contributed by atoms with E-state index in [2.05, 4.69) is 10.0 Å². The van der Waals surface area contributed by atoms with Gasteiger partial charge in [-0.25, -0.2) is 8.42 Å². The van der Waals surface area contributed by atoms with E-state index in [1.807, 2.05) is 26.0 Å². The van der Waals surface area contributed by atoms with Crippen LogP contribution in [0.3, 0.4) is 0 Å². The van der Waals surface area contributed by atoms with Gasteiger partial charge >= 0.3 is 0 Å². The lowest BCUT2D eigenvalue weighted by Gasteiger charge is -2.29. The van der Waals surface area contributed by atoms with Crippen LogP contribution in [-0.4, -0.2) is 26.4 Å². The Labute approximate surface area is 160 Å². The predicted molar refractivity (Wildman–Crippen MR) is 106 cm³/mol. The standard InChI is InChI=1S/C20H25N3O3S/c1-14-5-3-4-6-18(14)23-27(25,26)17-11-7-15(8-12-17)19(24)22-20(2,13-21)16-9-10-16/h3-8,11-12,16,23H,9-10,13,21H2,1-2H3,(H,22,24). The molecule has 0 aromatic heterocycles. The van der Waals surface area contributed by atoms with Gasteiger partial charge in [0.2, 0.25) is 0 Å². The Morgan fingerprint density at radius 2 is 1.78 bits per heavy atom. The van der Waals surface area contributed by atoms with E-state index in [1.165, 1.54) is 24.3 Å². The molecule has 0 spiro atoms. The summed E-state index contributed by atoms with van der Waals surface area (Å²) in [6.07, 6.45) is 2.13. The summed E-state index contributed by atoms with van der Waals surface area (Å²) in [6, 6.07) is 13.1. The van der Waals surface area contributed by atoms with Crippen LogP contribution in [0.15, 0.2) is 53.4 Å². The number of nitrogens with one attached hydrogen (secondary N) is 2. The second-order valence-electron chi connectivity index (χ2n) is 7.29. The second kappa shape index (κ2) is 7.32. The molecule has 1 aliphatic rings. The van der Waals surface area contributed by atoms with Gasteiger partial charge in [-0.3, -0.25) is 9.52 Å². The lowest BCUT2D eigenvalue weighted by Crippen LogP contribution is -2.53. The van der Waals surface area contributed by atoms with E-state index in [4.69, 9.17) is 5.73 Å². The summed E-state index contributed by atoms with van der Waals surface area (Å²) in [5.41, 5.74) is 7.19. The zero-order valence-electron chi connectivity index (χ0n) is 15.5. The summed E-state index contributed by atoms with van der Waals surface area (Å²) in [5.74, 6) is 0.162. The molecule has 0 bridgehead atoms. The van der Waals surface area contributed by atoms with Crippen LogP contribution in [0.25, 0.3) is 0 Å². The minimum Gasteiger partial charge on any atom is -0.345 e. The quantitative estimate of drug-likeness (QED) is 0.680. The number of rotatable bonds is 7. The molecule has 0 heterocycles. The minimum atomic E-state index is -3.72. The molecule has 6 nitrogen and oxygen atoms in total. The molecule has 1 saturated carbocycles. The van der Waals surface area contributed by atoms with Gasteiger partial charge in [0, 0.05) is 12.1 Å². The molecule has 3 rings (SSSR count). The number of carbonyl (C=O) groups is 1. The number of aryl methyl sites for hydroxylation is 1. The molecule has 0 radical (unpaired) electrons. The van der Waals surface area contributed by atoms with Crippen LogP contribution in [0.5, 0.6) is 0 Å². The van der Waals surface area contributed by atoms with E-state index in [-0.39, 0.29) is 10.8 Å². The number of carbonyl (C=O) groups excluding carboxylic acids is 1. The SMILES string of the molecule is Cc1ccccc1NS(=O)(=O)c1ccc(C(=O)NC(C)(CN)C2CC2)cc1. The van der Waals surface area contributed by atoms with Gasteiger partial charge in [0.1, 0.15) is 0 Å². The van der Waals surface area contributed by atoms with Crippen LogP contribution in [0.1, 0.15) is 35.7 Å². The number of hydrogen-bond acceptors (Lipinski definition) is 4. The van der Waals surface area contributed by atoms with Crippen molar-refractivity contribution in [2.24, 2.45) is 11.7 Å². The van der Waals surface area contributed by atoms with Crippen molar-refractivity contribution in [3.05, 3.63) is 59.7 Å². The van der Waals surface area contributed by atoms with Crippen LogP contribution >= 0.6 is 0 Å². The maximum absolute atomic E-state index is 12.6. The molecule has 1 atom stereocenters. The van der Waals surface area contributed by atoms with Gasteiger partial charge in [-0.15, -0.1) is 0 Å². The summed E-state index contributed by atoms with van der Waals surface area (Å²) in [5, 5.41) is 3.00. The Bertz CT molecular complexity index is 937. The van der Waals surface area contributed by atoms with Gasteiger partial charge in [-0.05, 0) is 68.5 Å². The molecule has 7 heteroatoms. The molecule has 1 fully saturated rings. The van der Waals surface area contributed by atoms with Crippen LogP contribution in [-0.2, 0) is 10.0 Å². The van der Waals surface area contributed by atoms with Crippen LogP contribution < -0.4 is 15.8 Å². The molecule has 1 unspecified atom stereocenters. The number of benzene rings is 2. The van der Waals surface area contributed by atoms with E-state index in [0.717, 1.165) is 18.4 Å². The molecular weight excluding hydrogens is 362 g/mol. The Morgan fingerprint density at radius 3 is 2.33 bits per heavy atom. The highest BCUT2D eigenvalue weighted by molar-refractivity contribution is 7.92. The molecule has 0 aliphatic heterocycles. The molecule has 27 heavy (non-hydrogen) atoms. The number of anilines is 1. The summed E-state index contributed by atoms with van der Waals surface area (Å²) >= 11 is 0. The van der Waals surface area contributed by atoms with Crippen molar-refractivity contribution < 1.29 is 13.2 Å². The smallest absolute Gasteiger partial charge is 0.261 e. The average Bonchev–Trinajstić information content (AvgIpc) is 3.49. The Morgan fingerprint density at radius 1 is 1.15 bits per heavy atom. The summed E-state index contributed by atoms with van der Waals surface area (Å²) in [7, 11) is -3.72. The van der Waals surface area contributed by atoms with E-state index < -0.39 is 15.6 Å². The van der Waals surface area contributed by atoms with Crippen molar-refractivity contribution in [1.82, 2.24) is 5.32 Å². The molecule has 2 aromatic rings. The molecule has 2 aromatic carbocycles. The van der Waals surface area contributed by atoms with E-state index in [9.17, 15) is 13.2 Å². The van der Waals surface area contributed by atoms with Crippen molar-refractivity contribution in [2.45, 2.75) is 37.1 Å². The van der Waals surface area contributed by atoms with Gasteiger partial charge < -0.3 is 11.1 Å². The zero-order chi connectivity index (χ0) is 19.7. The van der Waals surface area contributed by atoms with Gasteiger partial charge in [-0.2, -0.15) is 0 Å². The van der Waals surface area contributed by atoms with Gasteiger partial charge in [-0.1, -0.05) is 18.2 Å². The third kappa shape index (κ3) is 4.31. The summed E-state index contributed by atoms with van der Waals surface area (Å²) in [6.45, 7) is 4.16. The zero-order valence-corrected chi connectivity index (χ0v) is 16.3. The Balaban J connectivity index is 1.74. The van der Waals surface area contributed by atoms with Gasteiger partial charge in [0.15, 0.2) is 0 Å². The van der Waals surface area contributed by atoms with E-state index >= 15 is 0 Å². The fourth-order valence-electron chi connectivity index (χ4n) is 3.05. The van der Waals surface area contributed by atoms with Crippen LogP contribution in [0, 0.1) is 12.8 Å². The number of para-hydroxylation sites is 1. The first-order chi connectivity index (χ1) is 12.7. The highest BCUT2D eigenvalue weighted by atomic mass is 32.2. The van der Waals surface area contributed by atoms with Crippen molar-refractivity contribution in [3.63, 3.8) is 0 Å². The highest BCUT2D eigenvalue weighted by Gasteiger charge is 2.41. The lowest BCUT2D eigenvalue weighted by molar-refractivity contribution is 0.0897. The third-order valence-corrected chi connectivity index (χ3v) is 6.50. The maximum atomic E-state index is 12.6. The monoisotopic (exact) mass is 387 g/mol.